The summed E-state index contributed by atoms with van der Waals surface area (Å²) in [4.78, 5) is 21.4. The SMILES string of the molecule is Cc1ccc(-c2noc(C(C)N3CCN(C(=O)C(C)Oc4ccc(F)cc4)CC3)n2)cc1. The van der Waals surface area contributed by atoms with Gasteiger partial charge in [0.25, 0.3) is 5.91 Å². The van der Waals surface area contributed by atoms with E-state index in [0.717, 1.165) is 5.56 Å². The first kappa shape index (κ1) is 22.0. The molecule has 8 heteroatoms. The van der Waals surface area contributed by atoms with E-state index in [-0.39, 0.29) is 17.8 Å². The van der Waals surface area contributed by atoms with Gasteiger partial charge in [0.15, 0.2) is 6.10 Å². The highest BCUT2D eigenvalue weighted by atomic mass is 19.1. The molecule has 0 N–H and O–H groups in total. The Morgan fingerprint density at radius 3 is 2.34 bits per heavy atom. The van der Waals surface area contributed by atoms with Gasteiger partial charge in [-0.25, -0.2) is 4.39 Å². The Hall–Kier alpha value is -3.26. The molecule has 2 unspecified atom stereocenters. The highest BCUT2D eigenvalue weighted by Gasteiger charge is 2.30. The van der Waals surface area contributed by atoms with Crippen LogP contribution in [0, 0.1) is 12.7 Å². The Labute approximate surface area is 186 Å². The fourth-order valence-electron chi connectivity index (χ4n) is 3.74. The van der Waals surface area contributed by atoms with Crippen LogP contribution in [0.1, 0.15) is 31.3 Å². The predicted octanol–water partition coefficient (Wildman–Crippen LogP) is 3.86. The number of benzene rings is 2. The molecule has 7 nitrogen and oxygen atoms in total. The van der Waals surface area contributed by atoms with Gasteiger partial charge in [-0.3, -0.25) is 9.69 Å². The van der Waals surface area contributed by atoms with E-state index in [1.807, 2.05) is 38.1 Å². The van der Waals surface area contributed by atoms with Crippen molar-refractivity contribution in [3.8, 4) is 17.1 Å². The number of carbonyl (C=O) groups is 1. The summed E-state index contributed by atoms with van der Waals surface area (Å²) in [6.07, 6.45) is -0.641. The lowest BCUT2D eigenvalue weighted by molar-refractivity contribution is -0.140. The van der Waals surface area contributed by atoms with E-state index in [0.29, 0.717) is 43.6 Å². The molecule has 0 radical (unpaired) electrons. The molecule has 0 aliphatic carbocycles. The third-order valence-corrected chi connectivity index (χ3v) is 5.76. The van der Waals surface area contributed by atoms with Crippen LogP contribution in [-0.2, 0) is 4.79 Å². The highest BCUT2D eigenvalue weighted by Crippen LogP contribution is 2.24. The topological polar surface area (TPSA) is 71.7 Å². The Morgan fingerprint density at radius 2 is 1.69 bits per heavy atom. The van der Waals surface area contributed by atoms with E-state index in [4.69, 9.17) is 9.26 Å². The summed E-state index contributed by atoms with van der Waals surface area (Å²) in [5.74, 6) is 1.19. The number of aryl methyl sites for hydroxylation is 1. The molecule has 0 bridgehead atoms. The largest absolute Gasteiger partial charge is 0.481 e. The van der Waals surface area contributed by atoms with Gasteiger partial charge in [-0.1, -0.05) is 35.0 Å². The summed E-state index contributed by atoms with van der Waals surface area (Å²) < 4.78 is 24.2. The van der Waals surface area contributed by atoms with E-state index >= 15 is 0 Å². The van der Waals surface area contributed by atoms with E-state index < -0.39 is 6.10 Å². The number of rotatable bonds is 6. The van der Waals surface area contributed by atoms with E-state index in [1.165, 1.54) is 29.8 Å². The normalized spacial score (nSPS) is 16.6. The summed E-state index contributed by atoms with van der Waals surface area (Å²) in [6, 6.07) is 13.6. The first-order valence-corrected chi connectivity index (χ1v) is 10.8. The lowest BCUT2D eigenvalue weighted by Crippen LogP contribution is -2.52. The van der Waals surface area contributed by atoms with Crippen LogP contribution in [0.15, 0.2) is 53.1 Å². The number of aromatic nitrogens is 2. The second-order valence-electron chi connectivity index (χ2n) is 8.07. The molecule has 1 fully saturated rings. The second kappa shape index (κ2) is 9.48. The van der Waals surface area contributed by atoms with Crippen LogP contribution in [-0.4, -0.2) is 58.1 Å². The van der Waals surface area contributed by atoms with Crippen LogP contribution in [0.3, 0.4) is 0 Å². The van der Waals surface area contributed by atoms with Gasteiger partial charge in [0.1, 0.15) is 11.6 Å². The summed E-state index contributed by atoms with van der Waals surface area (Å²) in [7, 11) is 0. The zero-order valence-corrected chi connectivity index (χ0v) is 18.5. The number of nitrogens with zero attached hydrogens (tertiary/aromatic N) is 4. The van der Waals surface area contributed by atoms with Gasteiger partial charge in [-0.15, -0.1) is 0 Å². The first-order chi connectivity index (χ1) is 15.4. The molecule has 0 saturated carbocycles. The molecule has 2 aromatic carbocycles. The number of amides is 1. The van der Waals surface area contributed by atoms with Crippen molar-refractivity contribution < 1.29 is 18.4 Å². The summed E-state index contributed by atoms with van der Waals surface area (Å²) in [5.41, 5.74) is 2.10. The van der Waals surface area contributed by atoms with Crippen molar-refractivity contribution in [3.05, 3.63) is 65.8 Å². The van der Waals surface area contributed by atoms with Gasteiger partial charge in [-0.05, 0) is 45.0 Å². The number of carbonyl (C=O) groups excluding carboxylic acids is 1. The van der Waals surface area contributed by atoms with Gasteiger partial charge in [0.05, 0.1) is 6.04 Å². The van der Waals surface area contributed by atoms with Crippen molar-refractivity contribution in [1.82, 2.24) is 19.9 Å². The zero-order chi connectivity index (χ0) is 22.7. The Kier molecular flexibility index (Phi) is 6.50. The Bertz CT molecular complexity index is 1040. The van der Waals surface area contributed by atoms with Crippen molar-refractivity contribution in [2.75, 3.05) is 26.2 Å². The molecule has 0 spiro atoms. The van der Waals surface area contributed by atoms with Crippen LogP contribution in [0.25, 0.3) is 11.4 Å². The lowest BCUT2D eigenvalue weighted by atomic mass is 10.1. The monoisotopic (exact) mass is 438 g/mol. The van der Waals surface area contributed by atoms with Crippen molar-refractivity contribution in [3.63, 3.8) is 0 Å². The van der Waals surface area contributed by atoms with Crippen LogP contribution in [0.4, 0.5) is 4.39 Å². The quantitative estimate of drug-likeness (QED) is 0.582. The smallest absolute Gasteiger partial charge is 0.263 e. The summed E-state index contributed by atoms with van der Waals surface area (Å²) in [5, 5.41) is 4.13. The molecule has 3 aromatic rings. The fraction of sp³-hybridized carbons (Fsp3) is 0.375. The molecule has 168 valence electrons. The molecule has 2 atom stereocenters. The predicted molar refractivity (Wildman–Crippen MR) is 118 cm³/mol. The van der Waals surface area contributed by atoms with Gasteiger partial charge in [-0.2, -0.15) is 4.98 Å². The van der Waals surface area contributed by atoms with Gasteiger partial charge >= 0.3 is 0 Å². The molecule has 1 aliphatic heterocycles. The van der Waals surface area contributed by atoms with Crippen molar-refractivity contribution >= 4 is 5.91 Å². The first-order valence-electron chi connectivity index (χ1n) is 10.8. The molecule has 4 rings (SSSR count). The number of halogens is 1. The maximum absolute atomic E-state index is 13.0. The number of ether oxygens (including phenoxy) is 1. The number of hydrogen-bond acceptors (Lipinski definition) is 6. The molecule has 1 aromatic heterocycles. The third kappa shape index (κ3) is 4.96. The minimum Gasteiger partial charge on any atom is -0.481 e. The molecule has 1 saturated heterocycles. The average molecular weight is 439 g/mol. The lowest BCUT2D eigenvalue weighted by Gasteiger charge is -2.37. The van der Waals surface area contributed by atoms with Gasteiger partial charge in [0.2, 0.25) is 11.7 Å². The fourth-order valence-corrected chi connectivity index (χ4v) is 3.74. The molecule has 32 heavy (non-hydrogen) atoms. The average Bonchev–Trinajstić information content (AvgIpc) is 3.30. The third-order valence-electron chi connectivity index (χ3n) is 5.76. The van der Waals surface area contributed by atoms with Crippen LogP contribution in [0.5, 0.6) is 5.75 Å². The standard InChI is InChI=1S/C24H27FN4O3/c1-16-4-6-19(7-5-16)22-26-23(32-27-22)17(2)28-12-14-29(15-13-28)24(30)18(3)31-21-10-8-20(25)9-11-21/h4-11,17-18H,12-15H2,1-3H3. The Balaban J connectivity index is 1.31. The van der Waals surface area contributed by atoms with Crippen molar-refractivity contribution in [1.29, 1.82) is 0 Å². The molecule has 1 amide bonds. The number of piperazine rings is 1. The highest BCUT2D eigenvalue weighted by molar-refractivity contribution is 5.81. The van der Waals surface area contributed by atoms with Crippen LogP contribution < -0.4 is 4.74 Å². The van der Waals surface area contributed by atoms with E-state index in [1.54, 1.807) is 11.8 Å². The van der Waals surface area contributed by atoms with Crippen molar-refractivity contribution in [2.24, 2.45) is 0 Å². The Morgan fingerprint density at radius 1 is 1.03 bits per heavy atom. The van der Waals surface area contributed by atoms with Crippen LogP contribution >= 0.6 is 0 Å². The van der Waals surface area contributed by atoms with Crippen LogP contribution in [0.2, 0.25) is 0 Å². The van der Waals surface area contributed by atoms with Crippen molar-refractivity contribution in [2.45, 2.75) is 32.9 Å². The maximum Gasteiger partial charge on any atom is 0.263 e. The maximum atomic E-state index is 13.0. The molecule has 1 aliphatic rings. The zero-order valence-electron chi connectivity index (χ0n) is 18.5. The van der Waals surface area contributed by atoms with E-state index in [2.05, 4.69) is 15.0 Å². The summed E-state index contributed by atoms with van der Waals surface area (Å²) in [6.45, 7) is 8.33. The second-order valence-corrected chi connectivity index (χ2v) is 8.07. The van der Waals surface area contributed by atoms with E-state index in [9.17, 15) is 9.18 Å². The number of hydrogen-bond donors (Lipinski definition) is 0. The molecule has 2 heterocycles. The molecular weight excluding hydrogens is 411 g/mol. The van der Waals surface area contributed by atoms with Gasteiger partial charge < -0.3 is 14.2 Å². The molecular formula is C24H27FN4O3. The summed E-state index contributed by atoms with van der Waals surface area (Å²) >= 11 is 0. The van der Waals surface area contributed by atoms with Gasteiger partial charge in [0, 0.05) is 31.7 Å². The minimum absolute atomic E-state index is 0.0492. The minimum atomic E-state index is -0.641.